The quantitative estimate of drug-likeness (QED) is 0.346. The van der Waals surface area contributed by atoms with Crippen molar-refractivity contribution in [1.29, 1.82) is 0 Å². The van der Waals surface area contributed by atoms with Crippen molar-refractivity contribution in [2.24, 2.45) is 11.8 Å². The third kappa shape index (κ3) is 7.77. The minimum atomic E-state index is -5.42. The highest BCUT2D eigenvalue weighted by Gasteiger charge is 2.52. The SMILES string of the molecule is O=C(O)COC1CC(C(c2ccc(Cl)cc2)c2ccc(Cl)cc2)CC2C(NC3CCN(S(=O)(=O)C(F)(F)F)CC3)CC(=O)NC12. The van der Waals surface area contributed by atoms with E-state index in [1.807, 2.05) is 24.3 Å². The number of benzene rings is 2. The van der Waals surface area contributed by atoms with Crippen molar-refractivity contribution in [2.75, 3.05) is 19.7 Å². The predicted octanol–water partition coefficient (Wildman–Crippen LogP) is 4.78. The Morgan fingerprint density at radius 3 is 2.09 bits per heavy atom. The fourth-order valence-corrected chi connectivity index (χ4v) is 8.35. The number of ether oxygens (including phenoxy) is 1. The van der Waals surface area contributed by atoms with E-state index in [9.17, 15) is 36.3 Å². The zero-order valence-corrected chi connectivity index (χ0v) is 26.4. The topological polar surface area (TPSA) is 125 Å². The van der Waals surface area contributed by atoms with Crippen molar-refractivity contribution in [3.8, 4) is 0 Å². The second kappa shape index (κ2) is 13.7. The number of hydrogen-bond acceptors (Lipinski definition) is 6. The maximum Gasteiger partial charge on any atom is 0.511 e. The van der Waals surface area contributed by atoms with Crippen molar-refractivity contribution in [3.05, 3.63) is 69.7 Å². The van der Waals surface area contributed by atoms with Crippen molar-refractivity contribution < 1.29 is 41.0 Å². The van der Waals surface area contributed by atoms with E-state index in [1.54, 1.807) is 24.3 Å². The molecule has 0 spiro atoms. The molecule has 5 rings (SSSR count). The van der Waals surface area contributed by atoms with Gasteiger partial charge in [-0.3, -0.25) is 4.79 Å². The highest BCUT2D eigenvalue weighted by molar-refractivity contribution is 7.90. The largest absolute Gasteiger partial charge is 0.511 e. The number of alkyl halides is 3. The van der Waals surface area contributed by atoms with Crippen LogP contribution in [-0.2, 0) is 24.3 Å². The number of sulfonamides is 1. The van der Waals surface area contributed by atoms with Crippen LogP contribution in [0.3, 0.4) is 0 Å². The van der Waals surface area contributed by atoms with Gasteiger partial charge in [0.1, 0.15) is 6.61 Å². The van der Waals surface area contributed by atoms with Crippen molar-refractivity contribution in [2.45, 2.75) is 67.8 Å². The van der Waals surface area contributed by atoms with Gasteiger partial charge in [0, 0.05) is 47.6 Å². The lowest BCUT2D eigenvalue weighted by Crippen LogP contribution is -2.65. The molecule has 3 aliphatic rings. The lowest BCUT2D eigenvalue weighted by Gasteiger charge is -2.50. The number of piperidine rings is 2. The first-order valence-corrected chi connectivity index (χ1v) is 16.9. The highest BCUT2D eigenvalue weighted by Crippen LogP contribution is 2.46. The monoisotopic (exact) mass is 691 g/mol. The summed E-state index contributed by atoms with van der Waals surface area (Å²) in [5.74, 6) is -1.81. The van der Waals surface area contributed by atoms with E-state index in [0.717, 1.165) is 11.1 Å². The van der Waals surface area contributed by atoms with Gasteiger partial charge < -0.3 is 20.5 Å². The first-order valence-electron chi connectivity index (χ1n) is 14.7. The smallest absolute Gasteiger partial charge is 0.480 e. The van der Waals surface area contributed by atoms with Gasteiger partial charge in [0.05, 0.1) is 12.1 Å². The summed E-state index contributed by atoms with van der Waals surface area (Å²) in [5.41, 5.74) is -3.39. The Morgan fingerprint density at radius 2 is 1.58 bits per heavy atom. The Bertz CT molecular complexity index is 1430. The van der Waals surface area contributed by atoms with E-state index >= 15 is 0 Å². The summed E-state index contributed by atoms with van der Waals surface area (Å²) < 4.78 is 69.5. The van der Waals surface area contributed by atoms with Gasteiger partial charge in [-0.05, 0) is 72.9 Å². The molecule has 5 atom stereocenters. The molecule has 2 heterocycles. The van der Waals surface area contributed by atoms with E-state index in [4.69, 9.17) is 27.9 Å². The van der Waals surface area contributed by atoms with Gasteiger partial charge in [0.2, 0.25) is 5.91 Å². The number of carbonyl (C=O) groups excluding carboxylic acids is 1. The number of hydrogen-bond donors (Lipinski definition) is 3. The third-order valence-electron chi connectivity index (χ3n) is 9.11. The standard InChI is InChI=1S/C30H34Cl2F3N3O6S/c31-20-5-1-17(2-6-20)28(18-3-7-21(32)8-4-18)19-13-23-24(15-26(39)37-29(23)25(14-19)44-16-27(40)41)36-22-9-11-38(12-10-22)45(42,43)30(33,34)35/h1-8,19,22-25,28-29,36H,9-16H2,(H,37,39)(H,40,41). The number of carboxylic acid groups (broad SMARTS) is 1. The number of carboxylic acids is 1. The average Bonchev–Trinajstić information content (AvgIpc) is 2.98. The van der Waals surface area contributed by atoms with Gasteiger partial charge in [0.15, 0.2) is 0 Å². The van der Waals surface area contributed by atoms with Crippen LogP contribution in [0.25, 0.3) is 0 Å². The van der Waals surface area contributed by atoms with Crippen molar-refractivity contribution in [3.63, 3.8) is 0 Å². The number of amides is 1. The van der Waals surface area contributed by atoms with E-state index in [2.05, 4.69) is 10.6 Å². The fraction of sp³-hybridized carbons (Fsp3) is 0.533. The van der Waals surface area contributed by atoms with E-state index < -0.39 is 46.3 Å². The molecule has 0 radical (unpaired) electrons. The lowest BCUT2D eigenvalue weighted by molar-refractivity contribution is -0.149. The first kappa shape index (κ1) is 33.9. The molecule has 45 heavy (non-hydrogen) atoms. The van der Waals surface area contributed by atoms with Crippen LogP contribution in [0, 0.1) is 11.8 Å². The minimum absolute atomic E-state index is 0.0644. The van der Waals surface area contributed by atoms with Gasteiger partial charge in [-0.15, -0.1) is 0 Å². The fourth-order valence-electron chi connectivity index (χ4n) is 7.12. The molecule has 0 aromatic heterocycles. The molecule has 246 valence electrons. The number of nitrogens with zero attached hydrogens (tertiary/aromatic N) is 1. The van der Waals surface area contributed by atoms with Crippen LogP contribution in [0.15, 0.2) is 48.5 Å². The summed E-state index contributed by atoms with van der Waals surface area (Å²) in [6, 6.07) is 13.8. The molecule has 1 saturated carbocycles. The first-order chi connectivity index (χ1) is 21.2. The maximum atomic E-state index is 13.1. The molecular formula is C30H34Cl2F3N3O6S. The van der Waals surface area contributed by atoms with E-state index in [-0.39, 0.29) is 62.1 Å². The Labute approximate surface area is 269 Å². The van der Waals surface area contributed by atoms with Gasteiger partial charge >= 0.3 is 21.5 Å². The van der Waals surface area contributed by atoms with Gasteiger partial charge in [-0.1, -0.05) is 47.5 Å². The van der Waals surface area contributed by atoms with E-state index in [0.29, 0.717) is 27.2 Å². The molecule has 0 bridgehead atoms. The van der Waals surface area contributed by atoms with Crippen LogP contribution in [0.1, 0.15) is 49.1 Å². The van der Waals surface area contributed by atoms with Crippen molar-refractivity contribution in [1.82, 2.24) is 14.9 Å². The number of carbonyl (C=O) groups is 2. The molecule has 9 nitrogen and oxygen atoms in total. The summed E-state index contributed by atoms with van der Waals surface area (Å²) in [5, 5.41) is 17.0. The summed E-state index contributed by atoms with van der Waals surface area (Å²) >= 11 is 12.4. The van der Waals surface area contributed by atoms with Crippen LogP contribution < -0.4 is 10.6 Å². The van der Waals surface area contributed by atoms with Crippen LogP contribution in [0.5, 0.6) is 0 Å². The van der Waals surface area contributed by atoms with Gasteiger partial charge in [-0.2, -0.15) is 17.5 Å². The predicted molar refractivity (Wildman–Crippen MR) is 161 cm³/mol. The van der Waals surface area contributed by atoms with Gasteiger partial charge in [0.25, 0.3) is 0 Å². The molecule has 1 amide bonds. The Morgan fingerprint density at radius 1 is 1.02 bits per heavy atom. The Kier molecular flexibility index (Phi) is 10.4. The molecule has 3 fully saturated rings. The second-order valence-electron chi connectivity index (χ2n) is 11.9. The van der Waals surface area contributed by atoms with E-state index in [1.165, 1.54) is 0 Å². The zero-order valence-electron chi connectivity index (χ0n) is 24.1. The summed E-state index contributed by atoms with van der Waals surface area (Å²) in [6.07, 6.45) is 0.834. The third-order valence-corrected chi connectivity index (χ3v) is 11.2. The Hall–Kier alpha value is -2.42. The van der Waals surface area contributed by atoms with Crippen molar-refractivity contribution >= 4 is 45.1 Å². The maximum absolute atomic E-state index is 13.1. The summed E-state index contributed by atoms with van der Waals surface area (Å²) in [6.45, 7) is -1.14. The van der Waals surface area contributed by atoms with Crippen LogP contribution in [0.4, 0.5) is 13.2 Å². The van der Waals surface area contributed by atoms with Crippen LogP contribution in [0.2, 0.25) is 10.0 Å². The summed E-state index contributed by atoms with van der Waals surface area (Å²) in [7, 11) is -5.42. The second-order valence-corrected chi connectivity index (χ2v) is 14.7. The number of rotatable bonds is 9. The molecule has 3 N–H and O–H groups in total. The summed E-state index contributed by atoms with van der Waals surface area (Å²) in [4.78, 5) is 24.4. The molecular weight excluding hydrogens is 658 g/mol. The van der Waals surface area contributed by atoms with Crippen LogP contribution in [-0.4, -0.2) is 79.1 Å². The molecule has 2 aliphatic heterocycles. The Balaban J connectivity index is 1.42. The minimum Gasteiger partial charge on any atom is -0.480 e. The molecule has 2 aromatic carbocycles. The molecule has 15 heteroatoms. The molecule has 2 aromatic rings. The average molecular weight is 693 g/mol. The normalized spacial score (nSPS) is 26.8. The lowest BCUT2D eigenvalue weighted by atomic mass is 9.64. The molecule has 1 aliphatic carbocycles. The zero-order chi connectivity index (χ0) is 32.5. The number of aliphatic carboxylic acids is 1. The number of halogens is 5. The number of nitrogens with one attached hydrogen (secondary N) is 2. The van der Waals surface area contributed by atoms with Gasteiger partial charge in [-0.25, -0.2) is 13.2 Å². The molecule has 2 saturated heterocycles. The molecule has 5 unspecified atom stereocenters. The van der Waals surface area contributed by atoms with Crippen LogP contribution >= 0.6 is 23.2 Å². The highest BCUT2D eigenvalue weighted by atomic mass is 35.5. The number of fused-ring (bicyclic) bond motifs is 1.